The Morgan fingerprint density at radius 3 is 1.12 bits per heavy atom. The third-order valence-electron chi connectivity index (χ3n) is 19.0. The molecular formula is C88H99BrClN8NaO14S4. The van der Waals surface area contributed by atoms with Crippen LogP contribution < -0.4 is 50.8 Å². The molecule has 0 aliphatic heterocycles. The van der Waals surface area contributed by atoms with Crippen LogP contribution in [0, 0.1) is 55.4 Å². The van der Waals surface area contributed by atoms with Crippen LogP contribution in [0.15, 0.2) is 189 Å². The predicted molar refractivity (Wildman–Crippen MR) is 466 cm³/mol. The molecule has 0 saturated carbocycles. The quantitative estimate of drug-likeness (QED) is 0.0142. The maximum Gasteiger partial charge on any atom is 1.00 e. The number of carboxylic acid groups (broad SMARTS) is 1. The number of aromatic nitrogens is 6. The van der Waals surface area contributed by atoms with Crippen molar-refractivity contribution in [3.8, 4) is 0 Å². The van der Waals surface area contributed by atoms with Crippen LogP contribution in [0.25, 0.3) is 22.1 Å². The number of aromatic amines is 2. The zero-order valence-corrected chi connectivity index (χ0v) is 75.9. The van der Waals surface area contributed by atoms with Gasteiger partial charge in [-0.3, -0.25) is 14.4 Å². The summed E-state index contributed by atoms with van der Waals surface area (Å²) in [6, 6.07) is 42.9. The molecule has 1 amide bonds. The summed E-state index contributed by atoms with van der Waals surface area (Å²) >= 11 is 15.4. The third kappa shape index (κ3) is 24.9. The SMILES string of the molecule is BrCc1cccs1.CCOC(=O)c1cc2cccn2c(C(C)O)c1C.CCOC(=O)c1cc2cccn2c(C(C)OCc2cccs2)c1C.Cc1c(C(=O)O)cc2cccn2c1C(C)OCc1cccs1.Cc1cc(C)c(CNC(=O)c2cc3cccn3c(C(C)OCc3cccs3)c2C)c(=O)[nH]1.Cc1cc(C)c(CNCl)c(=O)[nH]1.[Na+].[OH-]. The summed E-state index contributed by atoms with van der Waals surface area (Å²) in [5, 5.41) is 31.4. The number of aliphatic hydroxyl groups excluding tert-OH is 1. The minimum atomic E-state index is -0.909. The molecule has 7 N–H and O–H groups in total. The van der Waals surface area contributed by atoms with Crippen LogP contribution in [0.5, 0.6) is 0 Å². The van der Waals surface area contributed by atoms with Gasteiger partial charge in [0.2, 0.25) is 0 Å². The second-order valence-corrected chi connectivity index (χ2v) is 32.1. The number of aliphatic hydroxyl groups is 1. The predicted octanol–water partition coefficient (Wildman–Crippen LogP) is 17.1. The summed E-state index contributed by atoms with van der Waals surface area (Å²) in [4.78, 5) is 85.2. The topological polar surface area (TPSA) is 292 Å². The first-order valence-electron chi connectivity index (χ1n) is 37.4. The zero-order valence-electron chi connectivity index (χ0n) is 68.3. The number of nitrogens with one attached hydrogen (secondary N) is 4. The van der Waals surface area contributed by atoms with E-state index in [1.807, 2.05) is 236 Å². The number of esters is 2. The number of carbonyl (C=O) groups is 4. The summed E-state index contributed by atoms with van der Waals surface area (Å²) in [5.74, 6) is -1.75. The Bertz CT molecular complexity index is 5690. The van der Waals surface area contributed by atoms with Crippen molar-refractivity contribution in [2.45, 2.75) is 160 Å². The summed E-state index contributed by atoms with van der Waals surface area (Å²) in [6.45, 7) is 29.2. The number of H-pyrrole nitrogens is 2. The van der Waals surface area contributed by atoms with Gasteiger partial charge in [-0.1, -0.05) is 40.2 Å². The van der Waals surface area contributed by atoms with Gasteiger partial charge in [-0.25, -0.2) is 19.2 Å². The van der Waals surface area contributed by atoms with E-state index in [9.17, 15) is 39.0 Å². The Hall–Kier alpha value is -8.85. The Morgan fingerprint density at radius 2 is 0.803 bits per heavy atom. The fourth-order valence-corrected chi connectivity index (χ4v) is 16.6. The van der Waals surface area contributed by atoms with Crippen molar-refractivity contribution in [2.24, 2.45) is 0 Å². The molecule has 14 aromatic rings. The zero-order chi connectivity index (χ0) is 83.2. The van der Waals surface area contributed by atoms with Gasteiger partial charge in [-0.2, -0.15) is 0 Å². The van der Waals surface area contributed by atoms with Crippen molar-refractivity contribution >= 4 is 119 Å². The van der Waals surface area contributed by atoms with Crippen molar-refractivity contribution < 1.29 is 88.1 Å². The van der Waals surface area contributed by atoms with Crippen LogP contribution in [0.3, 0.4) is 0 Å². The average Bonchev–Trinajstić information content (AvgIpc) is 1.73. The maximum atomic E-state index is 13.1. The van der Waals surface area contributed by atoms with Crippen LogP contribution in [0.2, 0.25) is 0 Å². The largest absolute Gasteiger partial charge is 1.00 e. The Kier molecular flexibility index (Phi) is 37.4. The minimum absolute atomic E-state index is 0. The number of halogens is 2. The smallest absolute Gasteiger partial charge is 0.870 e. The fraction of sp³-hybridized carbons (Fsp3) is 0.295. The van der Waals surface area contributed by atoms with Crippen molar-refractivity contribution in [3.63, 3.8) is 0 Å². The number of thiophene rings is 4. The number of hydrogen-bond donors (Lipinski definition) is 6. The number of carboxylic acids is 1. The van der Waals surface area contributed by atoms with Crippen molar-refractivity contribution in [1.29, 1.82) is 0 Å². The third-order valence-corrected chi connectivity index (χ3v) is 23.6. The number of hydrogen-bond acceptors (Lipinski definition) is 18. The van der Waals surface area contributed by atoms with Crippen molar-refractivity contribution in [1.82, 2.24) is 37.7 Å². The van der Waals surface area contributed by atoms with E-state index in [4.69, 9.17) is 35.5 Å². The molecule has 117 heavy (non-hydrogen) atoms. The molecule has 0 aliphatic carbocycles. The van der Waals surface area contributed by atoms with Crippen molar-refractivity contribution in [3.05, 3.63) is 321 Å². The van der Waals surface area contributed by atoms with Gasteiger partial charge >= 0.3 is 47.5 Å². The Morgan fingerprint density at radius 1 is 0.479 bits per heavy atom. The molecule has 22 nitrogen and oxygen atoms in total. The summed E-state index contributed by atoms with van der Waals surface area (Å²) in [6.07, 6.45) is 6.61. The molecule has 4 unspecified atom stereocenters. The first kappa shape index (κ1) is 95.3. The van der Waals surface area contributed by atoms with E-state index < -0.39 is 12.1 Å². The summed E-state index contributed by atoms with van der Waals surface area (Å²) in [5.41, 5.74) is 17.0. The average molecular weight is 1760 g/mol. The molecule has 0 aromatic carbocycles. The minimum Gasteiger partial charge on any atom is -0.870 e. The van der Waals surface area contributed by atoms with Gasteiger partial charge in [-0.05, 0) is 273 Å². The molecule has 29 heteroatoms. The molecular weight excluding hydrogens is 1660 g/mol. The van der Waals surface area contributed by atoms with Gasteiger partial charge in [0, 0.05) is 113 Å². The molecule has 14 heterocycles. The van der Waals surface area contributed by atoms with E-state index in [0.717, 1.165) is 105 Å². The van der Waals surface area contributed by atoms with Crippen LogP contribution in [-0.2, 0) is 61.9 Å². The van der Waals surface area contributed by atoms with E-state index in [1.54, 1.807) is 71.3 Å². The molecule has 4 atom stereocenters. The molecule has 614 valence electrons. The van der Waals surface area contributed by atoms with E-state index in [2.05, 4.69) is 68.4 Å². The van der Waals surface area contributed by atoms with E-state index in [0.29, 0.717) is 73.0 Å². The standard InChI is InChI=1S/C25H27N3O3S.C19H21NO3S.C17H17NO3S.C14H17NO3.C8H11ClN2O.C5H5BrS.Na.H2O/c1-15-11-16(2)27-25(30)22(15)13-26-24(29)21-12-19-7-5-9-28(19)23(17(21)3)18(4)31-14-20-8-6-10-32-20;1-4-22-19(21)17-11-15-7-5-9-20(15)18(13(17)2)14(3)23-12-16-8-6-10-24-16;1-11-15(17(19)20)9-13-5-3-7-18(13)16(11)12(2)21-10-14-6-4-8-22-14;1-4-18-14(17)12-8-11-6-5-7-15(11)13(9(12)2)10(3)16;1-5-3-6(2)11-8(12)7(5)4-10-9;6-4-5-2-1-3-7-5;;/h5-12,18H,13-14H2,1-4H3,(H,26,29)(H,27,30);5-11,14H,4,12H2,1-3H3;3-9,12H,10H2,1-2H3,(H,19,20);5-8,10,16H,4H2,1-3H3;3,10H,4H2,1-2H3,(H,11,12);1-3H,4H2;;1H2/q;;;;;;+1;/p-1. The summed E-state index contributed by atoms with van der Waals surface area (Å²) < 4.78 is 36.5. The van der Waals surface area contributed by atoms with E-state index in [-0.39, 0.29) is 88.9 Å². The molecule has 0 saturated heterocycles. The molecule has 0 spiro atoms. The van der Waals surface area contributed by atoms with Gasteiger partial charge in [0.15, 0.2) is 0 Å². The molecule has 14 aromatic heterocycles. The number of rotatable bonds is 24. The monoisotopic (exact) mass is 1760 g/mol. The number of aromatic carboxylic acids is 1. The van der Waals surface area contributed by atoms with Crippen molar-refractivity contribution in [2.75, 3.05) is 13.2 Å². The molecule has 0 radical (unpaired) electrons. The number of pyridine rings is 6. The number of fused-ring (bicyclic) bond motifs is 4. The molecule has 0 bridgehead atoms. The number of carbonyl (C=O) groups excluding carboxylic acids is 3. The van der Waals surface area contributed by atoms with Gasteiger partial charge in [0.05, 0.1) is 96.9 Å². The van der Waals surface area contributed by atoms with Crippen LogP contribution in [0.4, 0.5) is 0 Å². The van der Waals surface area contributed by atoms with Crippen LogP contribution in [0.1, 0.15) is 206 Å². The van der Waals surface area contributed by atoms with E-state index in [1.165, 1.54) is 9.75 Å². The van der Waals surface area contributed by atoms with Gasteiger partial charge in [0.25, 0.3) is 17.0 Å². The van der Waals surface area contributed by atoms with Gasteiger partial charge in [0.1, 0.15) is 0 Å². The van der Waals surface area contributed by atoms with Crippen LogP contribution in [-0.4, -0.2) is 80.3 Å². The first-order chi connectivity index (χ1) is 55.2. The number of amides is 1. The van der Waals surface area contributed by atoms with Crippen LogP contribution >= 0.6 is 73.1 Å². The second-order valence-electron chi connectivity index (χ2n) is 27.1. The maximum absolute atomic E-state index is 13.1. The second kappa shape index (κ2) is 45.9. The Balaban J connectivity index is 0.000000202. The number of alkyl halides is 1. The number of ether oxygens (including phenoxy) is 5. The first-order valence-corrected chi connectivity index (χ1v) is 42.4. The summed E-state index contributed by atoms with van der Waals surface area (Å²) in [7, 11) is 0. The number of nitrogens with zero attached hydrogens (tertiary/aromatic N) is 4. The van der Waals surface area contributed by atoms with Gasteiger partial charge in [-0.15, -0.1) is 45.3 Å². The molecule has 14 rings (SSSR count). The van der Waals surface area contributed by atoms with E-state index >= 15 is 0 Å². The fourth-order valence-electron chi connectivity index (χ4n) is 13.5. The number of aryl methyl sites for hydroxylation is 4. The molecule has 0 fully saturated rings. The molecule has 0 aliphatic rings. The van der Waals surface area contributed by atoms with Gasteiger partial charge < -0.3 is 72.3 Å². The Labute approximate surface area is 732 Å². The normalized spacial score (nSPS) is 11.8.